The average Bonchev–Trinajstić information content (AvgIpc) is 2.42. The molecule has 1 heterocycles. The van der Waals surface area contributed by atoms with Gasteiger partial charge in [-0.25, -0.2) is 12.8 Å². The van der Waals surface area contributed by atoms with Crippen molar-refractivity contribution in [2.24, 2.45) is 0 Å². The second kappa shape index (κ2) is 6.20. The molecule has 6 heteroatoms. The van der Waals surface area contributed by atoms with Gasteiger partial charge in [-0.1, -0.05) is 12.5 Å². The lowest BCUT2D eigenvalue weighted by Gasteiger charge is -2.34. The standard InChI is InChI=1S/C14H20FNO3S/c1-11-5-6-13(10-14(11)15)20(18,19)16-8-3-2-4-12(16)7-9-17/h5-6,10,12,17H,2-4,7-9H2,1H3. The highest BCUT2D eigenvalue weighted by Gasteiger charge is 2.33. The van der Waals surface area contributed by atoms with Crippen molar-refractivity contribution < 1.29 is 17.9 Å². The van der Waals surface area contributed by atoms with Gasteiger partial charge < -0.3 is 5.11 Å². The van der Waals surface area contributed by atoms with Gasteiger partial charge in [0.2, 0.25) is 10.0 Å². The summed E-state index contributed by atoms with van der Waals surface area (Å²) in [4.78, 5) is -0.00885. The van der Waals surface area contributed by atoms with Gasteiger partial charge in [-0.3, -0.25) is 0 Å². The van der Waals surface area contributed by atoms with E-state index in [4.69, 9.17) is 5.11 Å². The van der Waals surface area contributed by atoms with Crippen LogP contribution in [0.1, 0.15) is 31.2 Å². The number of benzene rings is 1. The van der Waals surface area contributed by atoms with Gasteiger partial charge in [-0.05, 0) is 43.9 Å². The molecule has 1 fully saturated rings. The summed E-state index contributed by atoms with van der Waals surface area (Å²) in [6.45, 7) is 1.99. The molecule has 1 atom stereocenters. The van der Waals surface area contributed by atoms with E-state index < -0.39 is 15.8 Å². The zero-order valence-electron chi connectivity index (χ0n) is 11.5. The van der Waals surface area contributed by atoms with E-state index in [0.29, 0.717) is 18.5 Å². The van der Waals surface area contributed by atoms with E-state index in [2.05, 4.69) is 0 Å². The van der Waals surface area contributed by atoms with Crippen LogP contribution in [-0.2, 0) is 10.0 Å². The molecule has 1 saturated heterocycles. The van der Waals surface area contributed by atoms with Crippen molar-refractivity contribution >= 4 is 10.0 Å². The van der Waals surface area contributed by atoms with Gasteiger partial charge in [-0.15, -0.1) is 0 Å². The van der Waals surface area contributed by atoms with Crippen LogP contribution >= 0.6 is 0 Å². The molecule has 0 bridgehead atoms. The van der Waals surface area contributed by atoms with Crippen LogP contribution in [0.2, 0.25) is 0 Å². The van der Waals surface area contributed by atoms with E-state index in [0.717, 1.165) is 25.3 Å². The number of hydrogen-bond donors (Lipinski definition) is 1. The normalized spacial score (nSPS) is 21.1. The summed E-state index contributed by atoms with van der Waals surface area (Å²) < 4.78 is 40.2. The summed E-state index contributed by atoms with van der Waals surface area (Å²) in [7, 11) is -3.69. The highest BCUT2D eigenvalue weighted by atomic mass is 32.2. The molecule has 112 valence electrons. The lowest BCUT2D eigenvalue weighted by atomic mass is 10.0. The monoisotopic (exact) mass is 301 g/mol. The summed E-state index contributed by atoms with van der Waals surface area (Å²) in [5.41, 5.74) is 0.425. The second-order valence-corrected chi connectivity index (χ2v) is 7.08. The van der Waals surface area contributed by atoms with Gasteiger partial charge in [0.25, 0.3) is 0 Å². The number of halogens is 1. The smallest absolute Gasteiger partial charge is 0.243 e. The minimum absolute atomic E-state index is 0.00885. The fraction of sp³-hybridized carbons (Fsp3) is 0.571. The molecular weight excluding hydrogens is 281 g/mol. The number of aliphatic hydroxyl groups excluding tert-OH is 1. The van der Waals surface area contributed by atoms with Gasteiger partial charge in [0.05, 0.1) is 4.90 Å². The maximum Gasteiger partial charge on any atom is 0.243 e. The van der Waals surface area contributed by atoms with Crippen molar-refractivity contribution in [3.63, 3.8) is 0 Å². The van der Waals surface area contributed by atoms with Crippen LogP contribution in [0.25, 0.3) is 0 Å². The molecule has 1 aliphatic heterocycles. The molecule has 1 aromatic rings. The van der Waals surface area contributed by atoms with E-state index in [1.54, 1.807) is 6.92 Å². The van der Waals surface area contributed by atoms with Crippen molar-refractivity contribution in [3.05, 3.63) is 29.6 Å². The lowest BCUT2D eigenvalue weighted by molar-refractivity contribution is 0.192. The zero-order chi connectivity index (χ0) is 14.8. The number of aryl methyl sites for hydroxylation is 1. The van der Waals surface area contributed by atoms with E-state index in [1.807, 2.05) is 0 Å². The Morgan fingerprint density at radius 1 is 1.40 bits per heavy atom. The van der Waals surface area contributed by atoms with Crippen LogP contribution in [0.5, 0.6) is 0 Å². The number of piperidine rings is 1. The Labute approximate surface area is 119 Å². The second-order valence-electron chi connectivity index (χ2n) is 5.19. The van der Waals surface area contributed by atoms with Crippen molar-refractivity contribution in [1.29, 1.82) is 0 Å². The van der Waals surface area contributed by atoms with Crippen LogP contribution in [0.4, 0.5) is 4.39 Å². The SMILES string of the molecule is Cc1ccc(S(=O)(=O)N2CCCCC2CCO)cc1F. The van der Waals surface area contributed by atoms with E-state index in [-0.39, 0.29) is 17.5 Å². The van der Waals surface area contributed by atoms with Gasteiger partial charge in [0.15, 0.2) is 0 Å². The van der Waals surface area contributed by atoms with Crippen molar-refractivity contribution in [1.82, 2.24) is 4.31 Å². The molecule has 0 aromatic heterocycles. The number of aliphatic hydroxyl groups is 1. The molecule has 0 saturated carbocycles. The zero-order valence-corrected chi connectivity index (χ0v) is 12.4. The molecule has 1 aliphatic rings. The molecule has 1 aromatic carbocycles. The van der Waals surface area contributed by atoms with Gasteiger partial charge in [-0.2, -0.15) is 4.31 Å². The van der Waals surface area contributed by atoms with Crippen molar-refractivity contribution in [2.75, 3.05) is 13.2 Å². The van der Waals surface area contributed by atoms with E-state index in [1.165, 1.54) is 16.4 Å². The minimum atomic E-state index is -3.69. The van der Waals surface area contributed by atoms with Gasteiger partial charge >= 0.3 is 0 Å². The third kappa shape index (κ3) is 3.02. The summed E-state index contributed by atoms with van der Waals surface area (Å²) in [5.74, 6) is -0.512. The Balaban J connectivity index is 2.34. The molecule has 0 radical (unpaired) electrons. The Morgan fingerprint density at radius 3 is 2.80 bits per heavy atom. The van der Waals surface area contributed by atoms with Crippen LogP contribution < -0.4 is 0 Å². The third-order valence-corrected chi connectivity index (χ3v) is 5.73. The molecule has 1 unspecified atom stereocenters. The topological polar surface area (TPSA) is 57.6 Å². The van der Waals surface area contributed by atoms with Crippen LogP contribution in [-0.4, -0.2) is 37.0 Å². The van der Waals surface area contributed by atoms with Crippen LogP contribution in [0.15, 0.2) is 23.1 Å². The number of nitrogens with zero attached hydrogens (tertiary/aromatic N) is 1. The first kappa shape index (κ1) is 15.4. The predicted molar refractivity (Wildman–Crippen MR) is 74.4 cm³/mol. The first-order valence-corrected chi connectivity index (χ1v) is 8.29. The summed E-state index contributed by atoms with van der Waals surface area (Å²) in [6.07, 6.45) is 2.93. The first-order chi connectivity index (χ1) is 9.46. The lowest BCUT2D eigenvalue weighted by Crippen LogP contribution is -2.44. The molecule has 1 N–H and O–H groups in total. The Hall–Kier alpha value is -0.980. The van der Waals surface area contributed by atoms with Crippen molar-refractivity contribution in [3.8, 4) is 0 Å². The number of sulfonamides is 1. The molecule has 20 heavy (non-hydrogen) atoms. The molecule has 0 spiro atoms. The summed E-state index contributed by atoms with van der Waals surface area (Å²) in [5, 5.41) is 9.07. The fourth-order valence-corrected chi connectivity index (χ4v) is 4.33. The van der Waals surface area contributed by atoms with Crippen LogP contribution in [0, 0.1) is 12.7 Å². The largest absolute Gasteiger partial charge is 0.396 e. The van der Waals surface area contributed by atoms with Gasteiger partial charge in [0.1, 0.15) is 5.82 Å². The van der Waals surface area contributed by atoms with E-state index in [9.17, 15) is 12.8 Å². The maximum absolute atomic E-state index is 13.6. The third-order valence-electron chi connectivity index (χ3n) is 3.79. The molecular formula is C14H20FNO3S. The number of hydrogen-bond acceptors (Lipinski definition) is 3. The summed E-state index contributed by atoms with van der Waals surface area (Å²) in [6, 6.07) is 3.81. The Morgan fingerprint density at radius 2 is 2.15 bits per heavy atom. The quantitative estimate of drug-likeness (QED) is 0.926. The highest BCUT2D eigenvalue weighted by molar-refractivity contribution is 7.89. The molecule has 0 aliphatic carbocycles. The van der Waals surface area contributed by atoms with Crippen LogP contribution in [0.3, 0.4) is 0 Å². The van der Waals surface area contributed by atoms with Crippen molar-refractivity contribution in [2.45, 2.75) is 43.5 Å². The highest BCUT2D eigenvalue weighted by Crippen LogP contribution is 2.27. The molecule has 0 amide bonds. The van der Waals surface area contributed by atoms with E-state index >= 15 is 0 Å². The first-order valence-electron chi connectivity index (χ1n) is 6.85. The maximum atomic E-state index is 13.6. The summed E-state index contributed by atoms with van der Waals surface area (Å²) >= 11 is 0. The van der Waals surface area contributed by atoms with Gasteiger partial charge in [0, 0.05) is 19.2 Å². The Kier molecular flexibility index (Phi) is 4.78. The fourth-order valence-electron chi connectivity index (χ4n) is 2.60. The minimum Gasteiger partial charge on any atom is -0.396 e. The Bertz CT molecular complexity index is 572. The molecule has 2 rings (SSSR count). The predicted octanol–water partition coefficient (Wildman–Crippen LogP) is 2.06. The average molecular weight is 301 g/mol. The molecule has 4 nitrogen and oxygen atoms in total. The number of rotatable bonds is 4.